The Morgan fingerprint density at radius 3 is 2.00 bits per heavy atom. The van der Waals surface area contributed by atoms with Gasteiger partial charge in [0.05, 0.1) is 0 Å². The Morgan fingerprint density at radius 1 is 1.00 bits per heavy atom. The number of ketones is 2. The molecule has 1 atom stereocenters. The summed E-state index contributed by atoms with van der Waals surface area (Å²) in [5.74, 6) is -4.63. The number of hydrogen-bond donors (Lipinski definition) is 0. The van der Waals surface area contributed by atoms with Crippen LogP contribution in [0.15, 0.2) is 42.5 Å². The maximum atomic E-state index is 13.8. The second-order valence-electron chi connectivity index (χ2n) is 4.55. The quantitative estimate of drug-likeness (QED) is 0.627. The number of rotatable bonds is 4. The maximum Gasteiger partial charge on any atom is 0.177 e. The zero-order chi connectivity index (χ0) is 15.6. The normalized spacial score (nSPS) is 12.0. The Bertz CT molecular complexity index is 676. The van der Waals surface area contributed by atoms with Crippen LogP contribution >= 0.6 is 11.6 Å². The van der Waals surface area contributed by atoms with E-state index in [1.54, 1.807) is 0 Å². The van der Waals surface area contributed by atoms with Crippen LogP contribution in [0.2, 0.25) is 5.02 Å². The van der Waals surface area contributed by atoms with E-state index in [9.17, 15) is 18.4 Å². The second-order valence-corrected chi connectivity index (χ2v) is 4.99. The number of carbonyl (C=O) groups excluding carboxylic acids is 2. The van der Waals surface area contributed by atoms with Gasteiger partial charge in [-0.25, -0.2) is 8.78 Å². The first-order valence-corrected chi connectivity index (χ1v) is 6.53. The molecule has 21 heavy (non-hydrogen) atoms. The molecule has 0 N–H and O–H groups in total. The molecule has 0 saturated heterocycles. The van der Waals surface area contributed by atoms with Crippen molar-refractivity contribution in [3.63, 3.8) is 0 Å². The Kier molecular flexibility index (Phi) is 4.48. The third-order valence-electron chi connectivity index (χ3n) is 3.09. The molecule has 0 bridgehead atoms. The van der Waals surface area contributed by atoms with Crippen molar-refractivity contribution >= 4 is 23.2 Å². The number of benzene rings is 2. The average Bonchev–Trinajstić information content (AvgIpc) is 2.42. The van der Waals surface area contributed by atoms with Gasteiger partial charge >= 0.3 is 0 Å². The number of hydrogen-bond acceptors (Lipinski definition) is 2. The third-order valence-corrected chi connectivity index (χ3v) is 3.34. The van der Waals surface area contributed by atoms with Crippen LogP contribution in [0, 0.1) is 11.6 Å². The van der Waals surface area contributed by atoms with Crippen LogP contribution in [0.25, 0.3) is 0 Å². The van der Waals surface area contributed by atoms with E-state index in [4.69, 9.17) is 11.6 Å². The van der Waals surface area contributed by atoms with Gasteiger partial charge in [0, 0.05) is 16.1 Å². The lowest BCUT2D eigenvalue weighted by Gasteiger charge is -2.15. The van der Waals surface area contributed by atoms with E-state index < -0.39 is 34.7 Å². The van der Waals surface area contributed by atoms with E-state index >= 15 is 0 Å². The van der Waals surface area contributed by atoms with Crippen molar-refractivity contribution in [2.24, 2.45) is 0 Å². The van der Waals surface area contributed by atoms with Crippen molar-refractivity contribution in [1.82, 2.24) is 0 Å². The van der Waals surface area contributed by atoms with Crippen molar-refractivity contribution in [2.75, 3.05) is 0 Å². The van der Waals surface area contributed by atoms with Crippen LogP contribution in [0.4, 0.5) is 8.78 Å². The Hall–Kier alpha value is -2.07. The maximum absolute atomic E-state index is 13.8. The van der Waals surface area contributed by atoms with E-state index in [1.807, 2.05) is 0 Å². The van der Waals surface area contributed by atoms with E-state index in [0.29, 0.717) is 5.02 Å². The van der Waals surface area contributed by atoms with Crippen molar-refractivity contribution in [2.45, 2.75) is 12.8 Å². The standard InChI is InChI=1S/C16H11ClF2O2/c1-9(20)14(15-12(18)3-2-4-13(15)19)16(21)10-5-7-11(17)8-6-10/h2-8,14H,1H3. The van der Waals surface area contributed by atoms with Crippen molar-refractivity contribution < 1.29 is 18.4 Å². The summed E-state index contributed by atoms with van der Waals surface area (Å²) >= 11 is 5.73. The van der Waals surface area contributed by atoms with Gasteiger partial charge in [0.25, 0.3) is 0 Å². The molecule has 2 aromatic rings. The molecular weight excluding hydrogens is 298 g/mol. The summed E-state index contributed by atoms with van der Waals surface area (Å²) in [6, 6.07) is 9.00. The van der Waals surface area contributed by atoms with E-state index in [1.165, 1.54) is 30.3 Å². The summed E-state index contributed by atoms with van der Waals surface area (Å²) in [6.45, 7) is 1.13. The van der Waals surface area contributed by atoms with Crippen LogP contribution in [0.1, 0.15) is 28.8 Å². The van der Waals surface area contributed by atoms with Gasteiger partial charge in [-0.3, -0.25) is 9.59 Å². The fourth-order valence-corrected chi connectivity index (χ4v) is 2.21. The summed E-state index contributed by atoms with van der Waals surface area (Å²) in [7, 11) is 0. The van der Waals surface area contributed by atoms with E-state index in [0.717, 1.165) is 19.1 Å². The fraction of sp³-hybridized carbons (Fsp3) is 0.125. The predicted octanol–water partition coefficient (Wildman–Crippen LogP) is 4.17. The zero-order valence-electron chi connectivity index (χ0n) is 11.1. The summed E-state index contributed by atoms with van der Waals surface area (Å²) in [5.41, 5.74) is -0.354. The molecule has 5 heteroatoms. The van der Waals surface area contributed by atoms with Gasteiger partial charge in [-0.1, -0.05) is 17.7 Å². The highest BCUT2D eigenvalue weighted by Gasteiger charge is 2.31. The molecule has 2 rings (SSSR count). The zero-order valence-corrected chi connectivity index (χ0v) is 11.8. The summed E-state index contributed by atoms with van der Waals surface area (Å²) in [5, 5.41) is 0.419. The molecule has 0 heterocycles. The largest absolute Gasteiger partial charge is 0.299 e. The average molecular weight is 309 g/mol. The van der Waals surface area contributed by atoms with Crippen LogP contribution in [-0.2, 0) is 4.79 Å². The SMILES string of the molecule is CC(=O)C(C(=O)c1ccc(Cl)cc1)c1c(F)cccc1F. The Morgan fingerprint density at radius 2 is 1.52 bits per heavy atom. The molecule has 0 spiro atoms. The molecule has 2 aromatic carbocycles. The van der Waals surface area contributed by atoms with E-state index in [2.05, 4.69) is 0 Å². The lowest BCUT2D eigenvalue weighted by atomic mass is 9.87. The highest BCUT2D eigenvalue weighted by atomic mass is 35.5. The van der Waals surface area contributed by atoms with Crippen molar-refractivity contribution in [1.29, 1.82) is 0 Å². The predicted molar refractivity (Wildman–Crippen MR) is 75.6 cm³/mol. The molecule has 1 unspecified atom stereocenters. The minimum absolute atomic E-state index is 0.169. The third kappa shape index (κ3) is 3.16. The molecule has 0 aliphatic carbocycles. The second kappa shape index (κ2) is 6.14. The first-order chi connectivity index (χ1) is 9.91. The minimum atomic E-state index is -1.51. The van der Waals surface area contributed by atoms with E-state index in [-0.39, 0.29) is 5.56 Å². The molecule has 0 fully saturated rings. The van der Waals surface area contributed by atoms with Gasteiger partial charge in [0.15, 0.2) is 5.78 Å². The first-order valence-electron chi connectivity index (χ1n) is 6.16. The minimum Gasteiger partial charge on any atom is -0.299 e. The molecule has 0 amide bonds. The molecule has 0 aromatic heterocycles. The first kappa shape index (κ1) is 15.3. The summed E-state index contributed by atoms with van der Waals surface area (Å²) < 4.78 is 27.7. The lowest BCUT2D eigenvalue weighted by molar-refractivity contribution is -0.117. The van der Waals surface area contributed by atoms with Gasteiger partial charge < -0.3 is 0 Å². The van der Waals surface area contributed by atoms with Crippen LogP contribution in [-0.4, -0.2) is 11.6 Å². The van der Waals surface area contributed by atoms with Gasteiger partial charge in [0.2, 0.25) is 0 Å². The van der Waals surface area contributed by atoms with Gasteiger partial charge in [-0.2, -0.15) is 0 Å². The summed E-state index contributed by atoms with van der Waals surface area (Å²) in [4.78, 5) is 24.2. The van der Waals surface area contributed by atoms with Crippen molar-refractivity contribution in [3.05, 3.63) is 70.2 Å². The topological polar surface area (TPSA) is 34.1 Å². The molecule has 0 aliphatic rings. The Balaban J connectivity index is 2.52. The smallest absolute Gasteiger partial charge is 0.177 e. The highest BCUT2D eigenvalue weighted by molar-refractivity contribution is 6.30. The number of halogens is 3. The molecule has 108 valence electrons. The highest BCUT2D eigenvalue weighted by Crippen LogP contribution is 2.27. The molecular formula is C16H11ClF2O2. The summed E-state index contributed by atoms with van der Waals surface area (Å²) in [6.07, 6.45) is 0. The number of Topliss-reactive ketones (excluding diaryl/α,β-unsaturated/α-hetero) is 2. The number of carbonyl (C=O) groups is 2. The molecule has 0 radical (unpaired) electrons. The van der Waals surface area contributed by atoms with Gasteiger partial charge in [0.1, 0.15) is 23.3 Å². The van der Waals surface area contributed by atoms with Crippen LogP contribution < -0.4 is 0 Å². The molecule has 0 saturated carbocycles. The van der Waals surface area contributed by atoms with Crippen LogP contribution in [0.5, 0.6) is 0 Å². The Labute approximate surface area is 125 Å². The van der Waals surface area contributed by atoms with Gasteiger partial charge in [-0.05, 0) is 43.3 Å². The monoisotopic (exact) mass is 308 g/mol. The van der Waals surface area contributed by atoms with Crippen molar-refractivity contribution in [3.8, 4) is 0 Å². The lowest BCUT2D eigenvalue weighted by Crippen LogP contribution is -2.22. The van der Waals surface area contributed by atoms with Crippen LogP contribution in [0.3, 0.4) is 0 Å². The molecule has 0 aliphatic heterocycles. The fourth-order valence-electron chi connectivity index (χ4n) is 2.09. The molecule has 2 nitrogen and oxygen atoms in total. The van der Waals surface area contributed by atoms with Gasteiger partial charge in [-0.15, -0.1) is 0 Å².